The first-order chi connectivity index (χ1) is 28.1. The van der Waals surface area contributed by atoms with Gasteiger partial charge in [-0.2, -0.15) is 37.2 Å². The molecule has 4 aromatic heterocycles. The maximum atomic E-state index is 15.7. The Labute approximate surface area is 342 Å². The molecule has 0 saturated heterocycles. The van der Waals surface area contributed by atoms with Crippen LogP contribution in [0.15, 0.2) is 54.9 Å². The predicted octanol–water partition coefficient (Wildman–Crippen LogP) is 8.30. The van der Waals surface area contributed by atoms with Crippen molar-refractivity contribution in [3.8, 4) is 22.4 Å². The average molecular weight is 878 g/mol. The van der Waals surface area contributed by atoms with Gasteiger partial charge in [0, 0.05) is 53.5 Å². The quantitative estimate of drug-likeness (QED) is 0.125. The third kappa shape index (κ3) is 7.36. The summed E-state index contributed by atoms with van der Waals surface area (Å²) in [7, 11) is -2.31. The molecule has 0 unspecified atom stereocenters. The van der Waals surface area contributed by atoms with E-state index >= 15 is 8.78 Å². The van der Waals surface area contributed by atoms with Crippen molar-refractivity contribution in [2.75, 3.05) is 11.0 Å². The van der Waals surface area contributed by atoms with Gasteiger partial charge in [-0.15, -0.1) is 0 Å². The summed E-state index contributed by atoms with van der Waals surface area (Å²) in [6.07, 6.45) is -1.11. The number of amides is 1. The first kappa shape index (κ1) is 41.2. The number of hydrogen-bond acceptors (Lipinski definition) is 7. The molecule has 6 aromatic rings. The minimum atomic E-state index is -5.08. The number of aromatic nitrogens is 7. The zero-order valence-electron chi connectivity index (χ0n) is 32.1. The summed E-state index contributed by atoms with van der Waals surface area (Å²) in [5.74, 6) is -9.15. The number of anilines is 1. The van der Waals surface area contributed by atoms with Crippen molar-refractivity contribution in [3.05, 3.63) is 99.7 Å². The fourth-order valence-electron chi connectivity index (χ4n) is 8.24. The van der Waals surface area contributed by atoms with Crippen molar-refractivity contribution >= 4 is 44.3 Å². The normalized spacial score (nSPS) is 17.8. The molecular weight excluding hydrogens is 843 g/mol. The molecule has 2 aromatic carbocycles. The number of aryl methyl sites for hydroxylation is 1. The van der Waals surface area contributed by atoms with Crippen LogP contribution in [0.5, 0.6) is 0 Å². The van der Waals surface area contributed by atoms with Gasteiger partial charge >= 0.3 is 6.18 Å². The van der Waals surface area contributed by atoms with Crippen molar-refractivity contribution < 1.29 is 43.9 Å². The molecule has 12 nitrogen and oxygen atoms in total. The van der Waals surface area contributed by atoms with Crippen molar-refractivity contribution in [3.63, 3.8) is 0 Å². The lowest BCUT2D eigenvalue weighted by Gasteiger charge is -2.34. The molecule has 2 aliphatic carbocycles. The van der Waals surface area contributed by atoms with Gasteiger partial charge in [0.25, 0.3) is 5.92 Å². The summed E-state index contributed by atoms with van der Waals surface area (Å²) >= 11 is 6.62. The summed E-state index contributed by atoms with van der Waals surface area (Å²) in [6, 6.07) is 7.67. The molecule has 8 rings (SSSR count). The molecule has 1 amide bonds. The zero-order chi connectivity index (χ0) is 43.2. The van der Waals surface area contributed by atoms with E-state index in [4.69, 9.17) is 16.6 Å². The van der Waals surface area contributed by atoms with E-state index in [0.29, 0.717) is 33.1 Å². The van der Waals surface area contributed by atoms with Crippen LogP contribution in [0.3, 0.4) is 0 Å². The highest BCUT2D eigenvalue weighted by Gasteiger charge is 2.63. The number of hydrogen-bond donors (Lipinski definition) is 2. The van der Waals surface area contributed by atoms with Gasteiger partial charge in [0.2, 0.25) is 15.9 Å². The Balaban J connectivity index is 1.30. The lowest BCUT2D eigenvalue weighted by atomic mass is 9.73. The molecule has 2 N–H and O–H groups in total. The predicted molar refractivity (Wildman–Crippen MR) is 207 cm³/mol. The van der Waals surface area contributed by atoms with E-state index < -0.39 is 81.0 Å². The van der Waals surface area contributed by atoms with Gasteiger partial charge in [0.1, 0.15) is 23.9 Å². The van der Waals surface area contributed by atoms with Crippen LogP contribution in [0.2, 0.25) is 5.02 Å². The topological polar surface area (TPSA) is 142 Å². The largest absolute Gasteiger partial charge is 0.435 e. The van der Waals surface area contributed by atoms with Gasteiger partial charge in [0.05, 0.1) is 45.8 Å². The van der Waals surface area contributed by atoms with Gasteiger partial charge < -0.3 is 5.32 Å². The summed E-state index contributed by atoms with van der Waals surface area (Å²) in [5.41, 5.74) is -1.15. The minimum Gasteiger partial charge on any atom is -0.346 e. The van der Waals surface area contributed by atoms with E-state index in [1.54, 1.807) is 35.3 Å². The van der Waals surface area contributed by atoms with E-state index in [0.717, 1.165) is 18.4 Å². The second-order valence-electron chi connectivity index (χ2n) is 15.4. The van der Waals surface area contributed by atoms with Gasteiger partial charge in [-0.25, -0.2) is 22.2 Å². The summed E-state index contributed by atoms with van der Waals surface area (Å²) in [5, 5.41) is 15.3. The van der Waals surface area contributed by atoms with Crippen LogP contribution in [0.1, 0.15) is 72.9 Å². The number of rotatable bonds is 11. The van der Waals surface area contributed by atoms with Crippen molar-refractivity contribution in [2.45, 2.75) is 69.8 Å². The number of nitrogens with zero attached hydrogens (tertiary/aromatic N) is 7. The minimum absolute atomic E-state index is 0.00338. The molecule has 0 spiro atoms. The van der Waals surface area contributed by atoms with E-state index in [2.05, 4.69) is 25.3 Å². The van der Waals surface area contributed by atoms with Crippen LogP contribution in [-0.4, -0.2) is 54.9 Å². The van der Waals surface area contributed by atoms with Gasteiger partial charge in [-0.3, -0.25) is 23.6 Å². The lowest BCUT2D eigenvalue weighted by molar-refractivity contribution is -0.144. The lowest BCUT2D eigenvalue weighted by Crippen LogP contribution is -2.36. The third-order valence-corrected chi connectivity index (χ3v) is 11.7. The van der Waals surface area contributed by atoms with E-state index in [1.807, 2.05) is 13.8 Å². The van der Waals surface area contributed by atoms with Crippen molar-refractivity contribution in [1.29, 1.82) is 0 Å². The second-order valence-corrected chi connectivity index (χ2v) is 17.5. The van der Waals surface area contributed by atoms with Crippen LogP contribution < -0.4 is 10.0 Å². The maximum absolute atomic E-state index is 15.7. The monoisotopic (exact) mass is 877 g/mol. The van der Waals surface area contributed by atoms with Crippen LogP contribution in [0.25, 0.3) is 33.3 Å². The number of benzene rings is 2. The molecule has 0 radical (unpaired) electrons. The Morgan fingerprint density at radius 1 is 1.03 bits per heavy atom. The molecule has 4 heterocycles. The molecular formula is C39H35ClF7N9O3S. The number of carbonyl (C=O) groups excluding carboxylic acids is 1. The number of sulfonamides is 1. The van der Waals surface area contributed by atoms with Crippen LogP contribution in [0.4, 0.5) is 36.6 Å². The van der Waals surface area contributed by atoms with Gasteiger partial charge in [0.15, 0.2) is 11.5 Å². The van der Waals surface area contributed by atoms with Crippen LogP contribution >= 0.6 is 11.6 Å². The zero-order valence-corrected chi connectivity index (χ0v) is 33.7. The molecule has 3 atom stereocenters. The van der Waals surface area contributed by atoms with Crippen LogP contribution in [0, 0.1) is 17.6 Å². The van der Waals surface area contributed by atoms with E-state index in [9.17, 15) is 35.2 Å². The molecule has 60 heavy (non-hydrogen) atoms. The number of alkyl halides is 5. The smallest absolute Gasteiger partial charge is 0.346 e. The molecule has 1 fully saturated rings. The number of carbonyl (C=O) groups is 1. The third-order valence-electron chi connectivity index (χ3n) is 10.9. The van der Waals surface area contributed by atoms with Crippen molar-refractivity contribution in [2.24, 2.45) is 13.0 Å². The van der Waals surface area contributed by atoms with Crippen LogP contribution in [-0.2, 0) is 46.9 Å². The Morgan fingerprint density at radius 2 is 1.73 bits per heavy atom. The molecule has 0 bridgehead atoms. The summed E-state index contributed by atoms with van der Waals surface area (Å²) < 4.78 is 134. The Kier molecular flexibility index (Phi) is 10.0. The standard InChI is InChI=1S/C39H35ClF7N9O3S/c1-18(2)55-16-20(15-48-55)28-10-7-23(24-6-9-27(40)32-34(24)54(3)52-37(32)53-60(4,58)59)33(50-28)29(13-19-11-21(41)14-22(42)12-19)49-30(57)17-56-36-31(35(51-56)39(45,46)47)25-5-8-26(25)38(36,43)44/h6-7,9-12,14-16,18,25-26,29H,5,8,13,17H2,1-4H3,(H,49,57)(H,52,53)/t25-,26+,29-/m0/s1. The number of halogens is 8. The van der Waals surface area contributed by atoms with E-state index in [-0.39, 0.29) is 58.4 Å². The first-order valence-electron chi connectivity index (χ1n) is 18.6. The molecule has 1 saturated carbocycles. The number of fused-ring (bicyclic) bond motifs is 4. The molecule has 2 aliphatic rings. The summed E-state index contributed by atoms with van der Waals surface area (Å²) in [6.45, 7) is 2.75. The summed E-state index contributed by atoms with van der Waals surface area (Å²) in [4.78, 5) is 19.1. The Morgan fingerprint density at radius 3 is 2.35 bits per heavy atom. The van der Waals surface area contributed by atoms with Crippen molar-refractivity contribution in [1.82, 2.24) is 39.6 Å². The molecule has 316 valence electrons. The molecule has 0 aliphatic heterocycles. The SMILES string of the molecule is CC(C)n1cc(-c2ccc(-c3ccc(Cl)c4c(NS(C)(=O)=O)nn(C)c34)c([C@H](Cc3cc(F)cc(F)c3)NC(=O)Cn3nc(C(F)(F)F)c4c3C(F)(F)[C@@H]3CC[C@H]43)n2)cn1. The van der Waals surface area contributed by atoms with E-state index in [1.165, 1.54) is 17.8 Å². The number of pyridine rings is 1. The maximum Gasteiger partial charge on any atom is 0.435 e. The Bertz CT molecular complexity index is 2800. The highest BCUT2D eigenvalue weighted by Crippen LogP contribution is 2.64. The second kappa shape index (κ2) is 14.6. The fourth-order valence-corrected chi connectivity index (χ4v) is 8.97. The van der Waals surface area contributed by atoms with Gasteiger partial charge in [-0.1, -0.05) is 23.7 Å². The highest BCUT2D eigenvalue weighted by atomic mass is 35.5. The average Bonchev–Trinajstić information content (AvgIpc) is 3.86. The fraction of sp³-hybridized carbons (Fsp3) is 0.359. The Hall–Kier alpha value is -5.50. The highest BCUT2D eigenvalue weighted by molar-refractivity contribution is 7.92. The first-order valence-corrected chi connectivity index (χ1v) is 20.9. The number of nitrogens with one attached hydrogen (secondary N) is 2. The van der Waals surface area contributed by atoms with Gasteiger partial charge in [-0.05, 0) is 68.9 Å². The molecule has 21 heteroatoms.